The van der Waals surface area contributed by atoms with E-state index in [0.717, 1.165) is 16.1 Å². The third-order valence-corrected chi connectivity index (χ3v) is 2.30. The Balaban J connectivity index is 2.45. The van der Waals surface area contributed by atoms with Crippen LogP contribution in [0.4, 0.5) is 0 Å². The molecule has 1 aromatic rings. The average molecular weight is 181 g/mol. The molecule has 0 fully saturated rings. The number of fused-ring (bicyclic) bond motifs is 2. The highest BCUT2D eigenvalue weighted by Crippen LogP contribution is 2.09. The summed E-state index contributed by atoms with van der Waals surface area (Å²) in [7, 11) is 0. The van der Waals surface area contributed by atoms with Crippen molar-refractivity contribution in [2.45, 2.75) is 0 Å². The Morgan fingerprint density at radius 3 is 2.79 bits per heavy atom. The Kier molecular flexibility index (Phi) is 1.31. The highest BCUT2D eigenvalue weighted by atomic mass is 15.0. The molecule has 3 rings (SSSR count). The Bertz CT molecular complexity index is 606. The number of amidine groups is 2. The van der Waals surface area contributed by atoms with Crippen LogP contribution < -0.4 is 10.6 Å². The van der Waals surface area contributed by atoms with Gasteiger partial charge in [-0.05, 0) is 18.2 Å². The van der Waals surface area contributed by atoms with Crippen LogP contribution in [0.5, 0.6) is 0 Å². The molecule has 3 heteroatoms. The molecule has 66 valence electrons. The van der Waals surface area contributed by atoms with E-state index >= 15 is 0 Å². The number of hydrogen-bond acceptors (Lipinski definition) is 2. The first-order valence-corrected chi connectivity index (χ1v) is 4.38. The summed E-state index contributed by atoms with van der Waals surface area (Å²) in [4.78, 5) is 8.41. The lowest BCUT2D eigenvalue weighted by Crippen LogP contribution is -2.21. The van der Waals surface area contributed by atoms with Crippen molar-refractivity contribution >= 4 is 17.2 Å². The fraction of sp³-hybridized carbons (Fsp3) is 0. The summed E-state index contributed by atoms with van der Waals surface area (Å²) in [6.07, 6.45) is 3.59. The number of dihydropyridines is 1. The summed E-state index contributed by atoms with van der Waals surface area (Å²) in [5.74, 6) is 0.930. The topological polar surface area (TPSA) is 48.6 Å². The molecule has 1 aromatic carbocycles. The van der Waals surface area contributed by atoms with Gasteiger partial charge in [0.05, 0.1) is 5.36 Å². The molecule has 0 atom stereocenters. The zero-order valence-electron chi connectivity index (χ0n) is 7.36. The molecule has 2 aliphatic rings. The molecule has 3 nitrogen and oxygen atoms in total. The molecule has 2 aliphatic heterocycles. The first-order valence-electron chi connectivity index (χ1n) is 4.38. The van der Waals surface area contributed by atoms with Gasteiger partial charge >= 0.3 is 0 Å². The number of hydrogen-bond donors (Lipinski definition) is 1. The molecule has 0 radical (unpaired) electrons. The Morgan fingerprint density at radius 2 is 1.86 bits per heavy atom. The predicted octanol–water partition coefficient (Wildman–Crippen LogP) is 0.416. The number of nitrogens with zero attached hydrogens (tertiary/aromatic N) is 2. The molecule has 0 bridgehead atoms. The van der Waals surface area contributed by atoms with E-state index in [9.17, 15) is 0 Å². The van der Waals surface area contributed by atoms with Crippen molar-refractivity contribution in [2.75, 3.05) is 0 Å². The molecule has 0 spiro atoms. The second-order valence-electron chi connectivity index (χ2n) is 3.20. The first kappa shape index (κ1) is 7.38. The van der Waals surface area contributed by atoms with E-state index < -0.39 is 0 Å². The number of rotatable bonds is 0. The second-order valence-corrected chi connectivity index (χ2v) is 3.20. The van der Waals surface area contributed by atoms with Gasteiger partial charge in [0.15, 0.2) is 5.84 Å². The van der Waals surface area contributed by atoms with Gasteiger partial charge in [0, 0.05) is 10.8 Å². The van der Waals surface area contributed by atoms with Gasteiger partial charge in [-0.1, -0.05) is 18.2 Å². The molecular formula is C11H7N3. The fourth-order valence-corrected chi connectivity index (χ4v) is 1.66. The van der Waals surface area contributed by atoms with E-state index in [1.165, 1.54) is 0 Å². The molecule has 0 saturated carbocycles. The second kappa shape index (κ2) is 2.48. The molecule has 0 aliphatic carbocycles. The van der Waals surface area contributed by atoms with E-state index in [-0.39, 0.29) is 5.84 Å². The number of benzene rings is 1. The SMILES string of the molecule is N=C1C=CC2=c3ccccc3=NC2=N1. The van der Waals surface area contributed by atoms with Crippen LogP contribution in [-0.4, -0.2) is 11.7 Å². The van der Waals surface area contributed by atoms with Crippen LogP contribution in [0.3, 0.4) is 0 Å². The van der Waals surface area contributed by atoms with Gasteiger partial charge in [-0.15, -0.1) is 0 Å². The van der Waals surface area contributed by atoms with Crippen molar-refractivity contribution in [3.8, 4) is 0 Å². The normalized spacial score (nSPS) is 17.3. The molecule has 2 heterocycles. The van der Waals surface area contributed by atoms with E-state index in [4.69, 9.17) is 5.41 Å². The summed E-state index contributed by atoms with van der Waals surface area (Å²) < 4.78 is 0. The van der Waals surface area contributed by atoms with Crippen molar-refractivity contribution < 1.29 is 0 Å². The van der Waals surface area contributed by atoms with Gasteiger partial charge < -0.3 is 0 Å². The van der Waals surface area contributed by atoms with Crippen LogP contribution in [0.15, 0.2) is 46.4 Å². The van der Waals surface area contributed by atoms with Crippen LogP contribution in [0, 0.1) is 5.41 Å². The summed E-state index contributed by atoms with van der Waals surface area (Å²) in [6, 6.07) is 7.92. The lowest BCUT2D eigenvalue weighted by molar-refractivity contribution is 1.38. The van der Waals surface area contributed by atoms with E-state index in [1.54, 1.807) is 6.08 Å². The van der Waals surface area contributed by atoms with E-state index in [2.05, 4.69) is 9.98 Å². The third kappa shape index (κ3) is 0.893. The van der Waals surface area contributed by atoms with Crippen LogP contribution in [0.2, 0.25) is 0 Å². The average Bonchev–Trinajstić information content (AvgIpc) is 2.54. The Hall–Kier alpha value is -2.03. The quantitative estimate of drug-likeness (QED) is 0.603. The van der Waals surface area contributed by atoms with Crippen molar-refractivity contribution in [1.82, 2.24) is 0 Å². The summed E-state index contributed by atoms with van der Waals surface area (Å²) >= 11 is 0. The smallest absolute Gasteiger partial charge is 0.162 e. The maximum atomic E-state index is 7.40. The molecule has 1 N–H and O–H groups in total. The van der Waals surface area contributed by atoms with Crippen LogP contribution in [0.1, 0.15) is 0 Å². The molecule has 0 amide bonds. The molecular weight excluding hydrogens is 174 g/mol. The zero-order chi connectivity index (χ0) is 9.54. The lowest BCUT2D eigenvalue weighted by atomic mass is 10.1. The van der Waals surface area contributed by atoms with Crippen LogP contribution in [0.25, 0.3) is 5.57 Å². The van der Waals surface area contributed by atoms with E-state index in [0.29, 0.717) is 5.84 Å². The van der Waals surface area contributed by atoms with Gasteiger partial charge in [0.2, 0.25) is 0 Å². The van der Waals surface area contributed by atoms with Gasteiger partial charge in [0.1, 0.15) is 5.84 Å². The number of aliphatic imine (C=N–C) groups is 1. The summed E-state index contributed by atoms with van der Waals surface area (Å²) in [5.41, 5.74) is 1.02. The van der Waals surface area contributed by atoms with Crippen LogP contribution >= 0.6 is 0 Å². The molecule has 0 aromatic heterocycles. The highest BCUT2D eigenvalue weighted by Gasteiger charge is 2.14. The largest absolute Gasteiger partial charge is 0.283 e. The van der Waals surface area contributed by atoms with Crippen molar-refractivity contribution in [2.24, 2.45) is 9.98 Å². The lowest BCUT2D eigenvalue weighted by Gasteiger charge is -2.01. The van der Waals surface area contributed by atoms with Gasteiger partial charge in [-0.25, -0.2) is 9.98 Å². The Morgan fingerprint density at radius 1 is 1.00 bits per heavy atom. The number of para-hydroxylation sites is 1. The summed E-state index contributed by atoms with van der Waals surface area (Å²) in [6.45, 7) is 0. The van der Waals surface area contributed by atoms with Crippen LogP contribution in [-0.2, 0) is 0 Å². The monoisotopic (exact) mass is 181 g/mol. The predicted molar refractivity (Wildman–Crippen MR) is 54.9 cm³/mol. The standard InChI is InChI=1S/C11H7N3/c12-10-6-5-8-7-3-1-2-4-9(7)13-11(8)14-10/h1-6,12H. The maximum absolute atomic E-state index is 7.40. The van der Waals surface area contributed by atoms with Crippen molar-refractivity contribution in [3.05, 3.63) is 47.0 Å². The minimum absolute atomic E-state index is 0.264. The van der Waals surface area contributed by atoms with Crippen molar-refractivity contribution in [3.63, 3.8) is 0 Å². The van der Waals surface area contributed by atoms with Gasteiger partial charge in [0.25, 0.3) is 0 Å². The molecule has 14 heavy (non-hydrogen) atoms. The molecule has 0 saturated heterocycles. The van der Waals surface area contributed by atoms with Crippen molar-refractivity contribution in [1.29, 1.82) is 5.41 Å². The first-order chi connectivity index (χ1) is 6.84. The highest BCUT2D eigenvalue weighted by molar-refractivity contribution is 6.28. The Labute approximate surface area is 80.3 Å². The maximum Gasteiger partial charge on any atom is 0.162 e. The zero-order valence-corrected chi connectivity index (χ0v) is 7.36. The van der Waals surface area contributed by atoms with E-state index in [1.807, 2.05) is 30.3 Å². The minimum Gasteiger partial charge on any atom is -0.283 e. The summed E-state index contributed by atoms with van der Waals surface area (Å²) in [5, 5.41) is 9.45. The number of nitrogens with one attached hydrogen (secondary N) is 1. The van der Waals surface area contributed by atoms with Gasteiger partial charge in [-0.3, -0.25) is 5.41 Å². The van der Waals surface area contributed by atoms with Gasteiger partial charge in [-0.2, -0.15) is 0 Å². The molecule has 0 unspecified atom stereocenters. The third-order valence-electron chi connectivity index (χ3n) is 2.30. The fourth-order valence-electron chi connectivity index (χ4n) is 1.66. The minimum atomic E-state index is 0.264.